The summed E-state index contributed by atoms with van der Waals surface area (Å²) < 4.78 is 38.3. The Morgan fingerprint density at radius 2 is 1.89 bits per heavy atom. The number of nitrogens with one attached hydrogen (secondary N) is 2. The molecule has 3 rings (SSSR count). The number of nitrogens with zero attached hydrogens (tertiary/aromatic N) is 1. The van der Waals surface area contributed by atoms with Crippen LogP contribution in [0.3, 0.4) is 0 Å². The van der Waals surface area contributed by atoms with Gasteiger partial charge in [0, 0.05) is 12.5 Å². The van der Waals surface area contributed by atoms with Gasteiger partial charge in [-0.25, -0.2) is 10.5 Å². The van der Waals surface area contributed by atoms with E-state index in [9.17, 15) is 18.0 Å². The number of H-pyrrole nitrogens is 1. The third-order valence-electron chi connectivity index (χ3n) is 3.75. The van der Waals surface area contributed by atoms with Crippen molar-refractivity contribution in [3.8, 4) is 0 Å². The van der Waals surface area contributed by atoms with Crippen molar-refractivity contribution in [1.82, 2.24) is 15.4 Å². The molecule has 3 aromatic rings. The van der Waals surface area contributed by atoms with Crippen LogP contribution in [0.15, 0.2) is 48.5 Å². The van der Waals surface area contributed by atoms with Crippen molar-refractivity contribution in [3.05, 3.63) is 71.1 Å². The fraction of sp³-hybridized carbons (Fsp3) is 0.111. The molecular weight excluding hydrogens is 383 g/mol. The van der Waals surface area contributed by atoms with Gasteiger partial charge in [0.15, 0.2) is 0 Å². The van der Waals surface area contributed by atoms with Crippen LogP contribution in [0.25, 0.3) is 17.1 Å². The molecule has 3 N–H and O–H groups in total. The lowest BCUT2D eigenvalue weighted by atomic mass is 10.1. The van der Waals surface area contributed by atoms with Crippen LogP contribution in [0.1, 0.15) is 22.5 Å². The molecule has 9 heteroatoms. The number of rotatable bonds is 4. The Hall–Kier alpha value is -2.84. The summed E-state index contributed by atoms with van der Waals surface area (Å²) in [6.45, 7) is 0. The van der Waals surface area contributed by atoms with Crippen LogP contribution in [-0.4, -0.2) is 21.1 Å². The second-order valence-corrected chi connectivity index (χ2v) is 5.64. The largest absolute Gasteiger partial charge is 0.416 e. The first-order valence-electron chi connectivity index (χ1n) is 7.62. The zero-order valence-electron chi connectivity index (χ0n) is 13.7. The van der Waals surface area contributed by atoms with Gasteiger partial charge in [0.05, 0.1) is 16.6 Å². The lowest BCUT2D eigenvalue weighted by Crippen LogP contribution is -2.14. The lowest BCUT2D eigenvalue weighted by Gasteiger charge is -2.05. The van der Waals surface area contributed by atoms with Gasteiger partial charge >= 0.3 is 6.18 Å². The molecule has 1 heterocycles. The average Bonchev–Trinajstić information content (AvgIpc) is 3.01. The Morgan fingerprint density at radius 3 is 2.52 bits per heavy atom. The van der Waals surface area contributed by atoms with Crippen molar-refractivity contribution in [3.63, 3.8) is 0 Å². The van der Waals surface area contributed by atoms with Gasteiger partial charge in [-0.05, 0) is 35.4 Å². The molecule has 0 saturated heterocycles. The number of benzene rings is 2. The number of carbonyl (C=O) groups is 1. The first-order valence-corrected chi connectivity index (χ1v) is 7.62. The molecule has 27 heavy (non-hydrogen) atoms. The zero-order chi connectivity index (χ0) is 18.7. The molecule has 0 radical (unpaired) electrons. The predicted octanol–water partition coefficient (Wildman–Crippen LogP) is 4.11. The number of fused-ring (bicyclic) bond motifs is 1. The minimum atomic E-state index is -4.39. The van der Waals surface area contributed by atoms with Crippen molar-refractivity contribution >= 4 is 35.4 Å². The first kappa shape index (κ1) is 20.5. The van der Waals surface area contributed by atoms with Gasteiger partial charge in [0.2, 0.25) is 0 Å². The standard InChI is InChI=1S/C18H14F3N3O2.ClH/c19-18(20,21)13-6-7-14-15(10-13)23-16(22-14)9-12-3-1-11(2-4-12)5-8-17(25)24-26;/h1-8,10,26H,9H2,(H,22,23)(H,24,25);1H/b8-5+;. The summed E-state index contributed by atoms with van der Waals surface area (Å²) in [6, 6.07) is 10.6. The summed E-state index contributed by atoms with van der Waals surface area (Å²) >= 11 is 0. The molecule has 0 saturated carbocycles. The van der Waals surface area contributed by atoms with E-state index in [0.29, 0.717) is 23.3 Å². The highest BCUT2D eigenvalue weighted by Crippen LogP contribution is 2.31. The van der Waals surface area contributed by atoms with E-state index in [1.807, 2.05) is 12.1 Å². The van der Waals surface area contributed by atoms with Crippen LogP contribution in [0.2, 0.25) is 0 Å². The Labute approximate surface area is 158 Å². The lowest BCUT2D eigenvalue weighted by molar-refractivity contribution is -0.137. The predicted molar refractivity (Wildman–Crippen MR) is 96.6 cm³/mol. The summed E-state index contributed by atoms with van der Waals surface area (Å²) in [5.74, 6) is -0.0724. The molecule has 2 aromatic carbocycles. The van der Waals surface area contributed by atoms with E-state index in [0.717, 1.165) is 23.3 Å². The number of hydrogen-bond acceptors (Lipinski definition) is 3. The highest BCUT2D eigenvalue weighted by Gasteiger charge is 2.30. The number of hydroxylamine groups is 1. The van der Waals surface area contributed by atoms with E-state index < -0.39 is 17.6 Å². The number of amides is 1. The SMILES string of the molecule is Cl.O=C(/C=C/c1ccc(Cc2nc3ccc(C(F)(F)F)cc3[nH]2)cc1)NO. The molecule has 0 bridgehead atoms. The van der Waals surface area contributed by atoms with Crippen LogP contribution in [0, 0.1) is 0 Å². The van der Waals surface area contributed by atoms with Crippen molar-refractivity contribution in [2.24, 2.45) is 0 Å². The van der Waals surface area contributed by atoms with Crippen molar-refractivity contribution < 1.29 is 23.2 Å². The smallest absolute Gasteiger partial charge is 0.342 e. The van der Waals surface area contributed by atoms with Crippen LogP contribution in [0.5, 0.6) is 0 Å². The van der Waals surface area contributed by atoms with Gasteiger partial charge in [-0.2, -0.15) is 13.2 Å². The highest BCUT2D eigenvalue weighted by molar-refractivity contribution is 5.90. The van der Waals surface area contributed by atoms with Crippen LogP contribution in [-0.2, 0) is 17.4 Å². The summed E-state index contributed by atoms with van der Waals surface area (Å²) in [5, 5.41) is 8.42. The molecule has 0 atom stereocenters. The zero-order valence-corrected chi connectivity index (χ0v) is 14.6. The quantitative estimate of drug-likeness (QED) is 0.352. The molecule has 0 aliphatic carbocycles. The Morgan fingerprint density at radius 1 is 1.19 bits per heavy atom. The Balaban J connectivity index is 0.00000261. The Bertz CT molecular complexity index is 966. The van der Waals surface area contributed by atoms with Crippen molar-refractivity contribution in [2.75, 3.05) is 0 Å². The van der Waals surface area contributed by atoms with E-state index in [2.05, 4.69) is 9.97 Å². The second kappa shape index (κ2) is 8.24. The molecule has 1 aromatic heterocycles. The number of imidazole rings is 1. The molecular formula is C18H15ClF3N3O2. The average molecular weight is 398 g/mol. The summed E-state index contributed by atoms with van der Waals surface area (Å²) in [5.41, 5.74) is 3.26. The fourth-order valence-electron chi connectivity index (χ4n) is 2.47. The first-order chi connectivity index (χ1) is 12.3. The molecule has 5 nitrogen and oxygen atoms in total. The molecule has 0 fully saturated rings. The molecule has 0 aliphatic rings. The highest BCUT2D eigenvalue weighted by atomic mass is 35.5. The van der Waals surface area contributed by atoms with E-state index >= 15 is 0 Å². The van der Waals surface area contributed by atoms with Gasteiger partial charge in [0.25, 0.3) is 5.91 Å². The topological polar surface area (TPSA) is 78.0 Å². The van der Waals surface area contributed by atoms with E-state index in [4.69, 9.17) is 5.21 Å². The van der Waals surface area contributed by atoms with Gasteiger partial charge in [0.1, 0.15) is 5.82 Å². The fourth-order valence-corrected chi connectivity index (χ4v) is 2.47. The minimum Gasteiger partial charge on any atom is -0.342 e. The molecule has 1 amide bonds. The van der Waals surface area contributed by atoms with E-state index in [1.54, 1.807) is 12.1 Å². The van der Waals surface area contributed by atoms with Crippen molar-refractivity contribution in [2.45, 2.75) is 12.6 Å². The number of hydrogen-bond donors (Lipinski definition) is 3. The van der Waals surface area contributed by atoms with Crippen LogP contribution < -0.4 is 5.48 Å². The number of aromatic nitrogens is 2. The summed E-state index contributed by atoms with van der Waals surface area (Å²) in [6.07, 6.45) is -1.24. The second-order valence-electron chi connectivity index (χ2n) is 5.64. The minimum absolute atomic E-state index is 0. The molecule has 142 valence electrons. The summed E-state index contributed by atoms with van der Waals surface area (Å²) in [4.78, 5) is 18.2. The number of alkyl halides is 3. The maximum atomic E-state index is 12.8. The third-order valence-corrected chi connectivity index (χ3v) is 3.75. The van der Waals surface area contributed by atoms with Gasteiger partial charge in [-0.15, -0.1) is 12.4 Å². The van der Waals surface area contributed by atoms with E-state index in [1.165, 1.54) is 23.7 Å². The number of aromatic amines is 1. The monoisotopic (exact) mass is 397 g/mol. The Kier molecular flexibility index (Phi) is 6.24. The van der Waals surface area contributed by atoms with Gasteiger partial charge < -0.3 is 4.98 Å². The number of carbonyl (C=O) groups excluding carboxylic acids is 1. The van der Waals surface area contributed by atoms with Crippen LogP contribution in [0.4, 0.5) is 13.2 Å². The third kappa shape index (κ3) is 5.08. The van der Waals surface area contributed by atoms with Crippen LogP contribution >= 0.6 is 12.4 Å². The molecule has 0 aliphatic heterocycles. The maximum Gasteiger partial charge on any atom is 0.416 e. The molecule has 0 unspecified atom stereocenters. The van der Waals surface area contributed by atoms with E-state index in [-0.39, 0.29) is 12.4 Å². The van der Waals surface area contributed by atoms with Gasteiger partial charge in [-0.1, -0.05) is 24.3 Å². The molecule has 0 spiro atoms. The van der Waals surface area contributed by atoms with Crippen molar-refractivity contribution in [1.29, 1.82) is 0 Å². The normalized spacial score (nSPS) is 11.6. The summed E-state index contributed by atoms with van der Waals surface area (Å²) in [7, 11) is 0. The van der Waals surface area contributed by atoms with Gasteiger partial charge in [-0.3, -0.25) is 10.0 Å². The number of halogens is 4. The maximum absolute atomic E-state index is 12.8.